The summed E-state index contributed by atoms with van der Waals surface area (Å²) in [5.41, 5.74) is 3.93. The monoisotopic (exact) mass is 888 g/mol. The third-order valence-electron chi connectivity index (χ3n) is 10.1. The van der Waals surface area contributed by atoms with Crippen molar-refractivity contribution in [2.75, 3.05) is 0 Å². The van der Waals surface area contributed by atoms with Crippen molar-refractivity contribution in [1.29, 1.82) is 0 Å². The average molecular weight is 888 g/mol. The van der Waals surface area contributed by atoms with Crippen LogP contribution in [0.3, 0.4) is 0 Å². The fraction of sp³-hybridized carbons (Fsp3) is 0.545. The molecule has 0 radical (unpaired) electrons. The number of rotatable bonds is 22. The molecule has 4 rings (SSSR count). The van der Waals surface area contributed by atoms with Crippen molar-refractivity contribution in [3.8, 4) is 0 Å². The predicted octanol–water partition coefficient (Wildman–Crippen LogP) is 11.6. The largest absolute Gasteiger partial charge is 2.00 e. The summed E-state index contributed by atoms with van der Waals surface area (Å²) < 4.78 is 70.6. The Morgan fingerprint density at radius 1 is 0.396 bits per heavy atom. The van der Waals surface area contributed by atoms with Gasteiger partial charge in [0, 0.05) is 0 Å². The zero-order valence-corrected chi connectivity index (χ0v) is 39.0. The summed E-state index contributed by atoms with van der Waals surface area (Å²) in [7, 11) is -8.91. The van der Waals surface area contributed by atoms with Crippen LogP contribution in [-0.2, 0) is 45.9 Å². The van der Waals surface area contributed by atoms with Gasteiger partial charge in [-0.3, -0.25) is 0 Å². The zero-order chi connectivity index (χ0) is 38.0. The standard InChI is InChI=1S/2C22H32O3S.Ba/c2*1-3-5-7-9-12-18-13-11-15-20-19(18)16-17-22(26(23,24)25)21(20)14-10-8-6-4-2;/h2*11,13,15-17H,3-10,12,14H2,1-2H3,(H,23,24,25);/q;;+2/p-2. The molecule has 0 bridgehead atoms. The Balaban J connectivity index is 0.000000360. The Bertz CT molecular complexity index is 1770. The van der Waals surface area contributed by atoms with E-state index in [9.17, 15) is 25.9 Å². The van der Waals surface area contributed by atoms with E-state index in [0.29, 0.717) is 24.0 Å². The molecule has 6 nitrogen and oxygen atoms in total. The SMILES string of the molecule is CCCCCCc1cccc2c(CCCCCC)c(S(=O)(=O)[O-])ccc12.CCCCCCc1cccc2c(CCCCCC)c(S(=O)(=O)[O-])ccc12.[Ba+2]. The molecule has 0 spiro atoms. The molecule has 0 atom stereocenters. The second-order valence-corrected chi connectivity index (χ2v) is 17.0. The summed E-state index contributed by atoms with van der Waals surface area (Å²) in [5.74, 6) is 0. The van der Waals surface area contributed by atoms with E-state index in [-0.39, 0.29) is 58.7 Å². The van der Waals surface area contributed by atoms with E-state index in [2.05, 4.69) is 39.8 Å². The van der Waals surface area contributed by atoms with Gasteiger partial charge in [-0.05, 0) is 107 Å². The van der Waals surface area contributed by atoms with E-state index in [0.717, 1.165) is 98.6 Å². The van der Waals surface area contributed by atoms with Gasteiger partial charge in [-0.25, -0.2) is 16.8 Å². The van der Waals surface area contributed by atoms with Gasteiger partial charge in [-0.15, -0.1) is 0 Å². The number of benzene rings is 4. The minimum Gasteiger partial charge on any atom is -0.744 e. The van der Waals surface area contributed by atoms with Gasteiger partial charge in [0.1, 0.15) is 20.2 Å². The molecule has 0 saturated heterocycles. The number of hydrogen-bond acceptors (Lipinski definition) is 6. The average Bonchev–Trinajstić information content (AvgIpc) is 3.11. The molecule has 0 unspecified atom stereocenters. The van der Waals surface area contributed by atoms with Crippen molar-refractivity contribution in [3.63, 3.8) is 0 Å². The van der Waals surface area contributed by atoms with Crippen LogP contribution in [0.4, 0.5) is 0 Å². The van der Waals surface area contributed by atoms with Gasteiger partial charge in [0.15, 0.2) is 0 Å². The molecule has 0 N–H and O–H groups in total. The topological polar surface area (TPSA) is 114 Å². The van der Waals surface area contributed by atoms with E-state index in [4.69, 9.17) is 0 Å². The molecule has 0 heterocycles. The molecule has 0 aliphatic carbocycles. The van der Waals surface area contributed by atoms with Gasteiger partial charge in [0.25, 0.3) is 0 Å². The Morgan fingerprint density at radius 2 is 0.717 bits per heavy atom. The summed E-state index contributed by atoms with van der Waals surface area (Å²) in [5, 5.41) is 4.07. The van der Waals surface area contributed by atoms with Crippen LogP contribution in [0, 0.1) is 0 Å². The summed E-state index contributed by atoms with van der Waals surface area (Å²) >= 11 is 0. The van der Waals surface area contributed by atoms with Crippen LogP contribution in [0.15, 0.2) is 70.5 Å². The molecule has 0 aliphatic rings. The smallest absolute Gasteiger partial charge is 0.744 e. The maximum atomic E-state index is 11.8. The van der Waals surface area contributed by atoms with Gasteiger partial charge in [0.05, 0.1) is 9.79 Å². The van der Waals surface area contributed by atoms with E-state index in [1.807, 2.05) is 36.4 Å². The second-order valence-electron chi connectivity index (χ2n) is 14.3. The van der Waals surface area contributed by atoms with Crippen molar-refractivity contribution in [3.05, 3.63) is 82.9 Å². The maximum absolute atomic E-state index is 11.8. The van der Waals surface area contributed by atoms with Crippen LogP contribution in [0.5, 0.6) is 0 Å². The summed E-state index contributed by atoms with van der Waals surface area (Å²) in [6.45, 7) is 8.70. The molecular weight excluding hydrogens is 826 g/mol. The molecule has 9 heteroatoms. The minimum absolute atomic E-state index is 0. The Kier molecular flexibility index (Phi) is 22.7. The number of aryl methyl sites for hydroxylation is 4. The predicted molar refractivity (Wildman–Crippen MR) is 221 cm³/mol. The second kappa shape index (κ2) is 25.1. The van der Waals surface area contributed by atoms with Gasteiger partial charge >= 0.3 is 48.9 Å². The first-order valence-electron chi connectivity index (χ1n) is 20.0. The summed E-state index contributed by atoms with van der Waals surface area (Å²) in [6.07, 6.45) is 21.4. The number of fused-ring (bicyclic) bond motifs is 2. The van der Waals surface area contributed by atoms with Crippen LogP contribution in [-0.4, -0.2) is 74.8 Å². The third-order valence-corrected chi connectivity index (χ3v) is 12.0. The van der Waals surface area contributed by atoms with Crippen molar-refractivity contribution in [2.24, 2.45) is 0 Å². The van der Waals surface area contributed by atoms with E-state index >= 15 is 0 Å². The molecule has 288 valence electrons. The molecule has 0 saturated carbocycles. The van der Waals surface area contributed by atoms with Crippen molar-refractivity contribution in [2.45, 2.75) is 166 Å². The first-order chi connectivity index (χ1) is 25.0. The van der Waals surface area contributed by atoms with Gasteiger partial charge in [-0.2, -0.15) is 0 Å². The van der Waals surface area contributed by atoms with Crippen LogP contribution in [0.25, 0.3) is 21.5 Å². The number of hydrogen-bond donors (Lipinski definition) is 0. The molecule has 0 aliphatic heterocycles. The summed E-state index contributed by atoms with van der Waals surface area (Å²) in [6, 6.07) is 18.9. The molecular formula is C44H62BaO6S2. The van der Waals surface area contributed by atoms with Crippen LogP contribution in [0.1, 0.15) is 153 Å². The first-order valence-corrected chi connectivity index (χ1v) is 22.8. The molecule has 0 amide bonds. The van der Waals surface area contributed by atoms with E-state index < -0.39 is 20.2 Å². The maximum Gasteiger partial charge on any atom is 2.00 e. The van der Waals surface area contributed by atoms with Crippen molar-refractivity contribution >= 4 is 90.7 Å². The fourth-order valence-corrected chi connectivity index (χ4v) is 8.79. The third kappa shape index (κ3) is 15.3. The van der Waals surface area contributed by atoms with Crippen LogP contribution in [0.2, 0.25) is 0 Å². The molecule has 0 fully saturated rings. The molecule has 53 heavy (non-hydrogen) atoms. The van der Waals surface area contributed by atoms with Crippen LogP contribution < -0.4 is 0 Å². The quantitative estimate of drug-likeness (QED) is 0.0441. The van der Waals surface area contributed by atoms with Gasteiger partial charge in [0.2, 0.25) is 0 Å². The molecule has 4 aromatic rings. The first kappa shape index (κ1) is 47.9. The molecule has 4 aromatic carbocycles. The van der Waals surface area contributed by atoms with Gasteiger partial charge < -0.3 is 9.11 Å². The Hall–Kier alpha value is -1.21. The van der Waals surface area contributed by atoms with Gasteiger partial charge in [-0.1, -0.05) is 153 Å². The van der Waals surface area contributed by atoms with E-state index in [1.165, 1.54) is 61.8 Å². The van der Waals surface area contributed by atoms with E-state index in [1.54, 1.807) is 0 Å². The summed E-state index contributed by atoms with van der Waals surface area (Å²) in [4.78, 5) is -0.0748. The van der Waals surface area contributed by atoms with Crippen molar-refractivity contribution in [1.82, 2.24) is 0 Å². The normalized spacial score (nSPS) is 11.7. The zero-order valence-electron chi connectivity index (χ0n) is 32.9. The fourth-order valence-electron chi connectivity index (χ4n) is 7.29. The molecule has 0 aromatic heterocycles. The Labute approximate surface area is 361 Å². The van der Waals surface area contributed by atoms with Crippen LogP contribution >= 0.6 is 0 Å². The number of unbranched alkanes of at least 4 members (excludes halogenated alkanes) is 12. The van der Waals surface area contributed by atoms with Crippen molar-refractivity contribution < 1.29 is 25.9 Å². The minimum atomic E-state index is -4.45. The Morgan fingerprint density at radius 3 is 1.02 bits per heavy atom.